The molecule has 0 fully saturated rings. The fraction of sp³-hybridized carbons (Fsp3) is 0.333. The average Bonchev–Trinajstić information content (AvgIpc) is 2.77. The van der Waals surface area contributed by atoms with E-state index in [1.165, 1.54) is 29.6 Å². The van der Waals surface area contributed by atoms with Crippen LogP contribution in [0.1, 0.15) is 55.3 Å². The molecule has 0 unspecified atom stereocenters. The van der Waals surface area contributed by atoms with Crippen LogP contribution in [0.2, 0.25) is 0 Å². The number of benzene rings is 1. The van der Waals surface area contributed by atoms with Crippen molar-refractivity contribution in [3.63, 3.8) is 0 Å². The number of amides is 2. The van der Waals surface area contributed by atoms with Gasteiger partial charge in [0.25, 0.3) is 5.91 Å². The van der Waals surface area contributed by atoms with Crippen LogP contribution in [-0.2, 0) is 4.74 Å². The summed E-state index contributed by atoms with van der Waals surface area (Å²) in [7, 11) is 0. The van der Waals surface area contributed by atoms with Crippen LogP contribution in [-0.4, -0.2) is 46.4 Å². The summed E-state index contributed by atoms with van der Waals surface area (Å²) in [5.41, 5.74) is -0.181. The standard InChI is InChI=1S/C24H27N3O5/c1-6-26(7-2)22(29)17-14-25-13-12-16(17)21(28)19-15-31-20-11-9-8-10-18(20)27(19)23(30)32-24(3,4)5/h8-15H,6-7H2,1-5H3. The molecule has 8 heteroatoms. The molecule has 0 saturated heterocycles. The Kier molecular flexibility index (Phi) is 6.62. The molecule has 2 aromatic rings. The lowest BCUT2D eigenvalue weighted by atomic mass is 10.0. The second-order valence-corrected chi connectivity index (χ2v) is 8.13. The molecule has 0 radical (unpaired) electrons. The van der Waals surface area contributed by atoms with E-state index in [1.54, 1.807) is 49.9 Å². The Hall–Kier alpha value is -3.68. The normalized spacial score (nSPS) is 12.9. The highest BCUT2D eigenvalue weighted by molar-refractivity contribution is 6.19. The van der Waals surface area contributed by atoms with Gasteiger partial charge >= 0.3 is 6.09 Å². The van der Waals surface area contributed by atoms with Gasteiger partial charge in [-0.15, -0.1) is 0 Å². The van der Waals surface area contributed by atoms with Crippen LogP contribution in [0.5, 0.6) is 5.75 Å². The van der Waals surface area contributed by atoms with E-state index in [0.717, 1.165) is 0 Å². The lowest BCUT2D eigenvalue weighted by Gasteiger charge is -2.31. The van der Waals surface area contributed by atoms with Crippen molar-refractivity contribution >= 4 is 23.5 Å². The fourth-order valence-corrected chi connectivity index (χ4v) is 3.28. The van der Waals surface area contributed by atoms with E-state index < -0.39 is 17.5 Å². The Morgan fingerprint density at radius 1 is 1.06 bits per heavy atom. The van der Waals surface area contributed by atoms with Gasteiger partial charge in [-0.05, 0) is 52.8 Å². The lowest BCUT2D eigenvalue weighted by molar-refractivity contribution is 0.0583. The maximum absolute atomic E-state index is 13.6. The zero-order chi connectivity index (χ0) is 23.5. The number of ketones is 1. The van der Waals surface area contributed by atoms with Gasteiger partial charge in [0.15, 0.2) is 5.75 Å². The number of carbonyl (C=O) groups is 3. The van der Waals surface area contributed by atoms with Crippen LogP contribution in [0.25, 0.3) is 0 Å². The first-order chi connectivity index (χ1) is 15.2. The van der Waals surface area contributed by atoms with E-state index >= 15 is 0 Å². The number of anilines is 1. The molecular weight excluding hydrogens is 410 g/mol. The SMILES string of the molecule is CCN(CC)C(=O)c1cnccc1C(=O)C1=COc2ccccc2N1C(=O)OC(C)(C)C. The first-order valence-corrected chi connectivity index (χ1v) is 10.4. The Balaban J connectivity index is 2.07. The minimum atomic E-state index is -0.779. The van der Waals surface area contributed by atoms with Crippen molar-refractivity contribution in [1.82, 2.24) is 9.88 Å². The second-order valence-electron chi connectivity index (χ2n) is 8.13. The first-order valence-electron chi connectivity index (χ1n) is 10.4. The average molecular weight is 437 g/mol. The van der Waals surface area contributed by atoms with E-state index in [4.69, 9.17) is 9.47 Å². The van der Waals surface area contributed by atoms with Crippen molar-refractivity contribution < 1.29 is 23.9 Å². The number of aromatic nitrogens is 1. The van der Waals surface area contributed by atoms with E-state index in [0.29, 0.717) is 24.5 Å². The third-order valence-electron chi connectivity index (χ3n) is 4.80. The molecule has 1 aromatic carbocycles. The maximum atomic E-state index is 13.6. The van der Waals surface area contributed by atoms with Crippen molar-refractivity contribution in [3.8, 4) is 5.75 Å². The van der Waals surface area contributed by atoms with Crippen molar-refractivity contribution in [1.29, 1.82) is 0 Å². The summed E-state index contributed by atoms with van der Waals surface area (Å²) in [4.78, 5) is 46.5. The molecule has 1 aliphatic rings. The summed E-state index contributed by atoms with van der Waals surface area (Å²) >= 11 is 0. The van der Waals surface area contributed by atoms with E-state index in [1.807, 2.05) is 13.8 Å². The van der Waals surface area contributed by atoms with Gasteiger partial charge in [-0.1, -0.05) is 12.1 Å². The third-order valence-corrected chi connectivity index (χ3v) is 4.80. The van der Waals surface area contributed by atoms with Gasteiger partial charge in [0.1, 0.15) is 17.6 Å². The molecule has 1 aromatic heterocycles. The van der Waals surface area contributed by atoms with Gasteiger partial charge in [0, 0.05) is 31.0 Å². The van der Waals surface area contributed by atoms with Gasteiger partial charge in [0.05, 0.1) is 11.3 Å². The van der Waals surface area contributed by atoms with Gasteiger partial charge in [-0.3, -0.25) is 14.6 Å². The molecule has 2 heterocycles. The smallest absolute Gasteiger partial charge is 0.419 e. The van der Waals surface area contributed by atoms with Crippen LogP contribution in [0.15, 0.2) is 54.7 Å². The Morgan fingerprint density at radius 3 is 2.41 bits per heavy atom. The number of pyridine rings is 1. The number of para-hydroxylation sites is 2. The highest BCUT2D eigenvalue weighted by Gasteiger charge is 2.36. The van der Waals surface area contributed by atoms with Crippen LogP contribution in [0.3, 0.4) is 0 Å². The molecule has 2 amide bonds. The predicted octanol–water partition coefficient (Wildman–Crippen LogP) is 4.42. The summed E-state index contributed by atoms with van der Waals surface area (Å²) in [5.74, 6) is -0.458. The highest BCUT2D eigenvalue weighted by Crippen LogP contribution is 2.37. The number of carbonyl (C=O) groups excluding carboxylic acids is 3. The molecular formula is C24H27N3O5. The Morgan fingerprint density at radius 2 is 1.75 bits per heavy atom. The number of allylic oxidation sites excluding steroid dienone is 1. The largest absolute Gasteiger partial charge is 0.460 e. The van der Waals surface area contributed by atoms with Gasteiger partial charge in [0.2, 0.25) is 5.78 Å². The number of rotatable bonds is 5. The topological polar surface area (TPSA) is 89.0 Å². The van der Waals surface area contributed by atoms with E-state index in [2.05, 4.69) is 4.98 Å². The van der Waals surface area contributed by atoms with Crippen LogP contribution < -0.4 is 9.64 Å². The molecule has 32 heavy (non-hydrogen) atoms. The molecule has 0 saturated carbocycles. The predicted molar refractivity (Wildman–Crippen MR) is 120 cm³/mol. The Labute approximate surface area is 187 Å². The molecule has 1 aliphatic heterocycles. The van der Waals surface area contributed by atoms with Crippen molar-refractivity contribution in [2.75, 3.05) is 18.0 Å². The number of ether oxygens (including phenoxy) is 2. The monoisotopic (exact) mass is 437 g/mol. The van der Waals surface area contributed by atoms with E-state index in [-0.39, 0.29) is 22.7 Å². The number of Topliss-reactive ketones (excluding diaryl/α,β-unsaturated/α-hetero) is 1. The van der Waals surface area contributed by atoms with Crippen molar-refractivity contribution in [2.24, 2.45) is 0 Å². The lowest BCUT2D eigenvalue weighted by Crippen LogP contribution is -2.40. The number of nitrogens with zero attached hydrogens (tertiary/aromatic N) is 3. The fourth-order valence-electron chi connectivity index (χ4n) is 3.28. The molecule has 3 rings (SSSR count). The quantitative estimate of drug-likeness (QED) is 0.643. The minimum Gasteiger partial charge on any atom is -0.460 e. The van der Waals surface area contributed by atoms with Crippen LogP contribution >= 0.6 is 0 Å². The van der Waals surface area contributed by atoms with Gasteiger partial charge in [-0.25, -0.2) is 9.69 Å². The molecule has 0 aliphatic carbocycles. The van der Waals surface area contributed by atoms with Gasteiger partial charge in [-0.2, -0.15) is 0 Å². The summed E-state index contributed by atoms with van der Waals surface area (Å²) in [6.45, 7) is 9.92. The van der Waals surface area contributed by atoms with Crippen molar-refractivity contribution in [3.05, 3.63) is 65.8 Å². The second kappa shape index (κ2) is 9.21. The molecule has 8 nitrogen and oxygen atoms in total. The van der Waals surface area contributed by atoms with Gasteiger partial charge < -0.3 is 14.4 Å². The number of hydrogen-bond acceptors (Lipinski definition) is 6. The number of hydrogen-bond donors (Lipinski definition) is 0. The molecule has 0 atom stereocenters. The first kappa shape index (κ1) is 23.0. The molecule has 0 bridgehead atoms. The zero-order valence-corrected chi connectivity index (χ0v) is 18.9. The summed E-state index contributed by atoms with van der Waals surface area (Å²) < 4.78 is 11.2. The number of fused-ring (bicyclic) bond motifs is 1. The summed E-state index contributed by atoms with van der Waals surface area (Å²) in [6, 6.07) is 8.30. The molecule has 0 N–H and O–H groups in total. The minimum absolute atomic E-state index is 0.0576. The third kappa shape index (κ3) is 4.64. The summed E-state index contributed by atoms with van der Waals surface area (Å²) in [6.07, 6.45) is 3.28. The van der Waals surface area contributed by atoms with Crippen molar-refractivity contribution in [2.45, 2.75) is 40.2 Å². The highest BCUT2D eigenvalue weighted by atomic mass is 16.6. The summed E-state index contributed by atoms with van der Waals surface area (Å²) in [5, 5.41) is 0. The Bertz CT molecular complexity index is 1070. The van der Waals surface area contributed by atoms with Crippen LogP contribution in [0.4, 0.5) is 10.5 Å². The molecule has 168 valence electrons. The zero-order valence-electron chi connectivity index (χ0n) is 18.9. The van der Waals surface area contributed by atoms with E-state index in [9.17, 15) is 14.4 Å². The van der Waals surface area contributed by atoms with Crippen LogP contribution in [0, 0.1) is 0 Å². The molecule has 0 spiro atoms. The maximum Gasteiger partial charge on any atom is 0.419 e.